The van der Waals surface area contributed by atoms with Gasteiger partial charge in [0.25, 0.3) is 0 Å². The zero-order valence-electron chi connectivity index (χ0n) is 22.2. The molecule has 0 unspecified atom stereocenters. The van der Waals surface area contributed by atoms with Crippen LogP contribution in [0.25, 0.3) is 0 Å². The lowest BCUT2D eigenvalue weighted by Gasteiger charge is -2.16. The largest absolute Gasteiger partial charge is 0.390 e. The highest BCUT2D eigenvalue weighted by Crippen LogP contribution is 2.18. The van der Waals surface area contributed by atoms with Crippen LogP contribution in [0.4, 0.5) is 0 Å². The maximum Gasteiger partial charge on any atom is 0.0591 e. The van der Waals surface area contributed by atoms with Crippen molar-refractivity contribution in [3.05, 3.63) is 0 Å². The first kappa shape index (κ1) is 30.9. The van der Waals surface area contributed by atoms with Crippen LogP contribution in [-0.2, 0) is 0 Å². The van der Waals surface area contributed by atoms with Gasteiger partial charge >= 0.3 is 0 Å². The molecular formula is C29H60O2. The molecule has 0 saturated heterocycles. The molecule has 0 aliphatic rings. The van der Waals surface area contributed by atoms with Gasteiger partial charge in [-0.3, -0.25) is 0 Å². The molecule has 2 heteroatoms. The molecule has 188 valence electrons. The second-order valence-electron chi connectivity index (χ2n) is 11.5. The van der Waals surface area contributed by atoms with Crippen LogP contribution < -0.4 is 0 Å². The van der Waals surface area contributed by atoms with Crippen molar-refractivity contribution >= 4 is 0 Å². The fraction of sp³-hybridized carbons (Fsp3) is 1.00. The molecule has 0 fully saturated rings. The Morgan fingerprint density at radius 2 is 0.419 bits per heavy atom. The first-order valence-corrected chi connectivity index (χ1v) is 14.2. The monoisotopic (exact) mass is 440 g/mol. The van der Waals surface area contributed by atoms with Crippen LogP contribution in [-0.4, -0.2) is 21.4 Å². The normalized spacial score (nSPS) is 12.6. The minimum atomic E-state index is -0.473. The SMILES string of the molecule is CC(C)(O)CCCCCCCCCCCCCCCCCCCCCCCC(C)(C)O. The summed E-state index contributed by atoms with van der Waals surface area (Å²) in [5.74, 6) is 0. The Kier molecular flexibility index (Phi) is 20.5. The molecule has 0 atom stereocenters. The molecule has 2 N–H and O–H groups in total. The van der Waals surface area contributed by atoms with E-state index < -0.39 is 11.2 Å². The molecule has 2 nitrogen and oxygen atoms in total. The summed E-state index contributed by atoms with van der Waals surface area (Å²) >= 11 is 0. The van der Waals surface area contributed by atoms with Crippen LogP contribution in [0, 0.1) is 0 Å². The zero-order valence-corrected chi connectivity index (χ0v) is 22.2. The van der Waals surface area contributed by atoms with Crippen molar-refractivity contribution in [3.63, 3.8) is 0 Å². The molecule has 0 aliphatic carbocycles. The number of hydrogen-bond acceptors (Lipinski definition) is 2. The summed E-state index contributed by atoms with van der Waals surface area (Å²) in [6, 6.07) is 0. The number of hydrogen-bond donors (Lipinski definition) is 2. The van der Waals surface area contributed by atoms with Crippen LogP contribution in [0.3, 0.4) is 0 Å². The molecule has 0 bridgehead atoms. The lowest BCUT2D eigenvalue weighted by atomic mass is 9.99. The van der Waals surface area contributed by atoms with Crippen molar-refractivity contribution < 1.29 is 10.2 Å². The standard InChI is InChI=1S/C29H60O2/c1-28(2,30)26-24-22-20-18-16-14-12-10-8-6-5-7-9-11-13-15-17-19-21-23-25-27-29(3,4)31/h30-31H,5-27H2,1-4H3. The fourth-order valence-corrected chi connectivity index (χ4v) is 4.47. The minimum absolute atomic E-state index is 0.473. The van der Waals surface area contributed by atoms with E-state index in [9.17, 15) is 10.2 Å². The van der Waals surface area contributed by atoms with Gasteiger partial charge in [-0.05, 0) is 40.5 Å². The molecule has 0 aromatic rings. The Morgan fingerprint density at radius 1 is 0.290 bits per heavy atom. The van der Waals surface area contributed by atoms with Crippen molar-refractivity contribution in [2.24, 2.45) is 0 Å². The smallest absolute Gasteiger partial charge is 0.0591 e. The van der Waals surface area contributed by atoms with E-state index in [0.29, 0.717) is 0 Å². The molecule has 0 amide bonds. The third kappa shape index (κ3) is 29.9. The summed E-state index contributed by atoms with van der Waals surface area (Å²) in [7, 11) is 0. The highest BCUT2D eigenvalue weighted by Gasteiger charge is 2.11. The van der Waals surface area contributed by atoms with Crippen molar-refractivity contribution in [1.29, 1.82) is 0 Å². The van der Waals surface area contributed by atoms with E-state index in [1.165, 1.54) is 135 Å². The zero-order chi connectivity index (χ0) is 23.3. The number of aliphatic hydroxyl groups is 2. The van der Waals surface area contributed by atoms with E-state index in [2.05, 4.69) is 0 Å². The Morgan fingerprint density at radius 3 is 0.548 bits per heavy atom. The summed E-state index contributed by atoms with van der Waals surface area (Å²) in [5, 5.41) is 19.4. The summed E-state index contributed by atoms with van der Waals surface area (Å²) in [6.07, 6.45) is 30.9. The minimum Gasteiger partial charge on any atom is -0.390 e. The van der Waals surface area contributed by atoms with Crippen LogP contribution >= 0.6 is 0 Å². The van der Waals surface area contributed by atoms with Gasteiger partial charge < -0.3 is 10.2 Å². The average Bonchev–Trinajstić information content (AvgIpc) is 2.67. The van der Waals surface area contributed by atoms with Crippen LogP contribution in [0.15, 0.2) is 0 Å². The first-order valence-electron chi connectivity index (χ1n) is 14.2. The van der Waals surface area contributed by atoms with E-state index in [1.807, 2.05) is 27.7 Å². The van der Waals surface area contributed by atoms with E-state index in [1.54, 1.807) is 0 Å². The third-order valence-electron chi connectivity index (χ3n) is 6.58. The van der Waals surface area contributed by atoms with Gasteiger partial charge in [0.15, 0.2) is 0 Å². The van der Waals surface area contributed by atoms with E-state index in [4.69, 9.17) is 0 Å². The Hall–Kier alpha value is -0.0800. The first-order chi connectivity index (χ1) is 14.7. The van der Waals surface area contributed by atoms with Crippen LogP contribution in [0.1, 0.15) is 175 Å². The Balaban J connectivity index is 3.07. The molecule has 0 spiro atoms. The molecule has 0 heterocycles. The molecule has 0 radical (unpaired) electrons. The molecule has 31 heavy (non-hydrogen) atoms. The van der Waals surface area contributed by atoms with E-state index in [-0.39, 0.29) is 0 Å². The highest BCUT2D eigenvalue weighted by atomic mass is 16.3. The van der Waals surface area contributed by atoms with Crippen molar-refractivity contribution in [2.45, 2.75) is 187 Å². The van der Waals surface area contributed by atoms with Gasteiger partial charge in [-0.1, -0.05) is 135 Å². The quantitative estimate of drug-likeness (QED) is 0.147. The molecule has 0 rings (SSSR count). The van der Waals surface area contributed by atoms with Gasteiger partial charge in [0.1, 0.15) is 0 Å². The summed E-state index contributed by atoms with van der Waals surface area (Å²) in [4.78, 5) is 0. The highest BCUT2D eigenvalue weighted by molar-refractivity contribution is 4.65. The van der Waals surface area contributed by atoms with E-state index >= 15 is 0 Å². The Bertz CT molecular complexity index is 317. The van der Waals surface area contributed by atoms with Gasteiger partial charge in [0.05, 0.1) is 11.2 Å². The molecule has 0 aromatic heterocycles. The topological polar surface area (TPSA) is 40.5 Å². The summed E-state index contributed by atoms with van der Waals surface area (Å²) in [6.45, 7) is 7.67. The van der Waals surface area contributed by atoms with Gasteiger partial charge in [0.2, 0.25) is 0 Å². The maximum absolute atomic E-state index is 9.70. The third-order valence-corrected chi connectivity index (χ3v) is 6.58. The van der Waals surface area contributed by atoms with Crippen molar-refractivity contribution in [3.8, 4) is 0 Å². The van der Waals surface area contributed by atoms with Crippen LogP contribution in [0.2, 0.25) is 0 Å². The molecule has 0 saturated carbocycles. The predicted molar refractivity (Wildman–Crippen MR) is 139 cm³/mol. The van der Waals surface area contributed by atoms with Gasteiger partial charge in [-0.25, -0.2) is 0 Å². The lowest BCUT2D eigenvalue weighted by Crippen LogP contribution is -2.17. The number of rotatable bonds is 24. The van der Waals surface area contributed by atoms with Gasteiger partial charge in [0, 0.05) is 0 Å². The Labute approximate surface area is 197 Å². The summed E-state index contributed by atoms with van der Waals surface area (Å²) < 4.78 is 0. The molecule has 0 aromatic carbocycles. The second-order valence-corrected chi connectivity index (χ2v) is 11.5. The lowest BCUT2D eigenvalue weighted by molar-refractivity contribution is 0.0674. The maximum atomic E-state index is 9.70. The van der Waals surface area contributed by atoms with Crippen LogP contribution in [0.5, 0.6) is 0 Å². The number of unbranched alkanes of at least 4 members (excludes halogenated alkanes) is 20. The van der Waals surface area contributed by atoms with Crippen molar-refractivity contribution in [1.82, 2.24) is 0 Å². The average molecular weight is 441 g/mol. The molecular weight excluding hydrogens is 380 g/mol. The molecule has 0 aliphatic heterocycles. The second kappa shape index (κ2) is 20.5. The van der Waals surface area contributed by atoms with Gasteiger partial charge in [-0.15, -0.1) is 0 Å². The van der Waals surface area contributed by atoms with Gasteiger partial charge in [-0.2, -0.15) is 0 Å². The van der Waals surface area contributed by atoms with E-state index in [0.717, 1.165) is 12.8 Å². The van der Waals surface area contributed by atoms with Crippen molar-refractivity contribution in [2.75, 3.05) is 0 Å². The predicted octanol–water partition coefficient (Wildman–Crippen LogP) is 9.50. The summed E-state index contributed by atoms with van der Waals surface area (Å²) in [5.41, 5.74) is -0.946. The fourth-order valence-electron chi connectivity index (χ4n) is 4.47.